The minimum absolute atomic E-state index is 0.351. The summed E-state index contributed by atoms with van der Waals surface area (Å²) in [4.78, 5) is 5.99. The number of hydrogen-bond donors (Lipinski definition) is 1. The summed E-state index contributed by atoms with van der Waals surface area (Å²) < 4.78 is 2.00. The Morgan fingerprint density at radius 2 is 2.00 bits per heavy atom. The first-order valence-electron chi connectivity index (χ1n) is 7.88. The zero-order chi connectivity index (χ0) is 15.8. The molecule has 0 spiro atoms. The summed E-state index contributed by atoms with van der Waals surface area (Å²) in [7, 11) is 0. The Morgan fingerprint density at radius 1 is 1.17 bits per heavy atom. The summed E-state index contributed by atoms with van der Waals surface area (Å²) in [6.07, 6.45) is 6.33. The Morgan fingerprint density at radius 3 is 2.74 bits per heavy atom. The molecule has 120 valence electrons. The van der Waals surface area contributed by atoms with Gasteiger partial charge < -0.3 is 5.73 Å². The molecule has 0 amide bonds. The third-order valence-corrected chi connectivity index (χ3v) is 6.46. The molecule has 1 fully saturated rings. The van der Waals surface area contributed by atoms with Gasteiger partial charge >= 0.3 is 0 Å². The molecule has 1 aliphatic rings. The third-order valence-electron chi connectivity index (χ3n) is 4.45. The van der Waals surface area contributed by atoms with Gasteiger partial charge in [-0.15, -0.1) is 27.8 Å². The maximum atomic E-state index is 5.98. The molecule has 0 saturated heterocycles. The van der Waals surface area contributed by atoms with E-state index < -0.39 is 0 Å². The smallest absolute Gasteiger partial charge is 0.134 e. The highest BCUT2D eigenvalue weighted by molar-refractivity contribution is 7.20. The normalized spacial score (nSPS) is 21.7. The zero-order valence-corrected chi connectivity index (χ0v) is 14.6. The molecule has 0 atom stereocenters. The predicted octanol–water partition coefficient (Wildman–Crippen LogP) is 3.88. The second-order valence-corrected chi connectivity index (χ2v) is 7.90. The van der Waals surface area contributed by atoms with Gasteiger partial charge in [-0.05, 0) is 49.6 Å². The molecule has 2 N–H and O–H groups in total. The van der Waals surface area contributed by atoms with E-state index in [-0.39, 0.29) is 0 Å². The SMILES string of the molecule is Cc1ccsc1-c1nc(-c2cn(C3CCC(N)CC3)nn2)cs1. The quantitative estimate of drug-likeness (QED) is 0.782. The fourth-order valence-electron chi connectivity index (χ4n) is 3.03. The lowest BCUT2D eigenvalue weighted by atomic mass is 9.92. The van der Waals surface area contributed by atoms with Crippen molar-refractivity contribution in [2.45, 2.75) is 44.7 Å². The van der Waals surface area contributed by atoms with Gasteiger partial charge in [0.05, 0.1) is 17.1 Å². The third kappa shape index (κ3) is 2.96. The molecule has 4 rings (SSSR count). The lowest BCUT2D eigenvalue weighted by molar-refractivity contribution is 0.300. The Bertz CT molecular complexity index is 795. The minimum Gasteiger partial charge on any atom is -0.328 e. The van der Waals surface area contributed by atoms with E-state index >= 15 is 0 Å². The topological polar surface area (TPSA) is 69.6 Å². The highest BCUT2D eigenvalue weighted by Gasteiger charge is 2.21. The van der Waals surface area contributed by atoms with Gasteiger partial charge in [-0.3, -0.25) is 0 Å². The molecule has 1 saturated carbocycles. The summed E-state index contributed by atoms with van der Waals surface area (Å²) in [5.41, 5.74) is 9.03. The van der Waals surface area contributed by atoms with E-state index in [0.717, 1.165) is 42.1 Å². The van der Waals surface area contributed by atoms with Gasteiger partial charge in [0, 0.05) is 11.4 Å². The second kappa shape index (κ2) is 6.14. The molecule has 0 unspecified atom stereocenters. The highest BCUT2D eigenvalue weighted by Crippen LogP contribution is 2.34. The van der Waals surface area contributed by atoms with E-state index in [1.165, 1.54) is 10.4 Å². The number of aryl methyl sites for hydroxylation is 1. The highest BCUT2D eigenvalue weighted by atomic mass is 32.1. The van der Waals surface area contributed by atoms with Crippen molar-refractivity contribution in [2.75, 3.05) is 0 Å². The van der Waals surface area contributed by atoms with Crippen LogP contribution in [0.3, 0.4) is 0 Å². The summed E-state index contributed by atoms with van der Waals surface area (Å²) in [6, 6.07) is 2.91. The standard InChI is InChI=1S/C16H19N5S2/c1-10-6-7-22-15(10)16-18-14(9-23-16)13-8-21(20-19-13)12-4-2-11(17)3-5-12/h6-9,11-12H,2-5,17H2,1H3. The number of thiophene rings is 1. The van der Waals surface area contributed by atoms with Crippen LogP contribution in [0.25, 0.3) is 21.3 Å². The maximum Gasteiger partial charge on any atom is 0.134 e. The van der Waals surface area contributed by atoms with E-state index in [2.05, 4.69) is 34.1 Å². The molecule has 0 bridgehead atoms. The van der Waals surface area contributed by atoms with Crippen molar-refractivity contribution < 1.29 is 0 Å². The second-order valence-electron chi connectivity index (χ2n) is 6.12. The summed E-state index contributed by atoms with van der Waals surface area (Å²) in [5.74, 6) is 0. The van der Waals surface area contributed by atoms with E-state index in [9.17, 15) is 0 Å². The van der Waals surface area contributed by atoms with Crippen molar-refractivity contribution in [2.24, 2.45) is 5.73 Å². The van der Waals surface area contributed by atoms with Gasteiger partial charge in [-0.2, -0.15) is 0 Å². The van der Waals surface area contributed by atoms with Crippen LogP contribution in [0.15, 0.2) is 23.0 Å². The Labute approximate surface area is 143 Å². The van der Waals surface area contributed by atoms with Gasteiger partial charge in [0.25, 0.3) is 0 Å². The van der Waals surface area contributed by atoms with E-state index in [0.29, 0.717) is 12.1 Å². The van der Waals surface area contributed by atoms with Crippen LogP contribution in [0, 0.1) is 6.92 Å². The van der Waals surface area contributed by atoms with Crippen LogP contribution in [0.5, 0.6) is 0 Å². The Balaban J connectivity index is 1.55. The Kier molecular flexibility index (Phi) is 4.00. The first-order valence-corrected chi connectivity index (χ1v) is 9.64. The van der Waals surface area contributed by atoms with Gasteiger partial charge in [-0.1, -0.05) is 5.21 Å². The number of nitrogens with zero attached hydrogens (tertiary/aromatic N) is 4. The molecule has 0 aromatic carbocycles. The first-order chi connectivity index (χ1) is 11.2. The maximum absolute atomic E-state index is 5.98. The predicted molar refractivity (Wildman–Crippen MR) is 94.7 cm³/mol. The van der Waals surface area contributed by atoms with Crippen molar-refractivity contribution >= 4 is 22.7 Å². The van der Waals surface area contributed by atoms with Crippen LogP contribution in [-0.4, -0.2) is 26.0 Å². The van der Waals surface area contributed by atoms with Crippen molar-refractivity contribution in [3.8, 4) is 21.3 Å². The van der Waals surface area contributed by atoms with Crippen LogP contribution in [0.4, 0.5) is 0 Å². The molecule has 3 aromatic heterocycles. The fraction of sp³-hybridized carbons (Fsp3) is 0.438. The van der Waals surface area contributed by atoms with Gasteiger partial charge in [-0.25, -0.2) is 9.67 Å². The zero-order valence-electron chi connectivity index (χ0n) is 13.0. The average Bonchev–Trinajstić information content (AvgIpc) is 3.26. The average molecular weight is 345 g/mol. The number of rotatable bonds is 3. The summed E-state index contributed by atoms with van der Waals surface area (Å²) in [6.45, 7) is 2.12. The van der Waals surface area contributed by atoms with E-state index in [4.69, 9.17) is 10.7 Å². The van der Waals surface area contributed by atoms with Crippen LogP contribution >= 0.6 is 22.7 Å². The molecule has 5 nitrogen and oxygen atoms in total. The number of thiazole rings is 1. The molecule has 23 heavy (non-hydrogen) atoms. The Hall–Kier alpha value is -1.57. The minimum atomic E-state index is 0.351. The molecule has 3 heterocycles. The van der Waals surface area contributed by atoms with Gasteiger partial charge in [0.15, 0.2) is 0 Å². The van der Waals surface area contributed by atoms with Crippen LogP contribution < -0.4 is 5.73 Å². The van der Waals surface area contributed by atoms with Crippen molar-refractivity contribution in [1.29, 1.82) is 0 Å². The van der Waals surface area contributed by atoms with Crippen molar-refractivity contribution in [1.82, 2.24) is 20.0 Å². The number of nitrogens with two attached hydrogens (primary N) is 1. The molecular formula is C16H19N5S2. The number of aromatic nitrogens is 4. The van der Waals surface area contributed by atoms with E-state index in [1.807, 2.05) is 10.9 Å². The van der Waals surface area contributed by atoms with Crippen LogP contribution in [0.1, 0.15) is 37.3 Å². The molecule has 7 heteroatoms. The van der Waals surface area contributed by atoms with E-state index in [1.54, 1.807) is 22.7 Å². The van der Waals surface area contributed by atoms with Crippen molar-refractivity contribution in [3.05, 3.63) is 28.6 Å². The first kappa shape index (κ1) is 15.0. The van der Waals surface area contributed by atoms with Gasteiger partial charge in [0.2, 0.25) is 0 Å². The molecule has 0 aliphatic heterocycles. The largest absolute Gasteiger partial charge is 0.328 e. The lowest BCUT2D eigenvalue weighted by Crippen LogP contribution is -2.28. The fourth-order valence-corrected chi connectivity index (χ4v) is 4.94. The van der Waals surface area contributed by atoms with Gasteiger partial charge in [0.1, 0.15) is 16.4 Å². The van der Waals surface area contributed by atoms with Crippen molar-refractivity contribution in [3.63, 3.8) is 0 Å². The molecule has 3 aromatic rings. The summed E-state index contributed by atoms with van der Waals surface area (Å²) in [5, 5.41) is 13.9. The monoisotopic (exact) mass is 345 g/mol. The lowest BCUT2D eigenvalue weighted by Gasteiger charge is -2.25. The van der Waals surface area contributed by atoms with Crippen LogP contribution in [-0.2, 0) is 0 Å². The number of hydrogen-bond acceptors (Lipinski definition) is 6. The summed E-state index contributed by atoms with van der Waals surface area (Å²) >= 11 is 3.40. The molecular weight excluding hydrogens is 326 g/mol. The van der Waals surface area contributed by atoms with Crippen LogP contribution in [0.2, 0.25) is 0 Å². The molecule has 1 aliphatic carbocycles. The molecule has 0 radical (unpaired) electrons.